The number of anilines is 1. The predicted octanol–water partition coefficient (Wildman–Crippen LogP) is 1.07. The van der Waals surface area contributed by atoms with Gasteiger partial charge in [-0.3, -0.25) is 9.10 Å². The Hall–Kier alpha value is -1.63. The first-order valence-corrected chi connectivity index (χ1v) is 7.45. The summed E-state index contributed by atoms with van der Waals surface area (Å²) < 4.78 is 37.6. The Morgan fingerprint density at radius 2 is 1.68 bits per heavy atom. The monoisotopic (exact) mass is 288 g/mol. The number of benzene rings is 1. The molecule has 1 aromatic rings. The summed E-state index contributed by atoms with van der Waals surface area (Å²) in [6.07, 6.45) is 1.01. The van der Waals surface area contributed by atoms with Gasteiger partial charge in [0.1, 0.15) is 11.9 Å². The van der Waals surface area contributed by atoms with Gasteiger partial charge in [0.15, 0.2) is 0 Å². The minimum Gasteiger partial charge on any atom is -0.347 e. The third-order valence-electron chi connectivity index (χ3n) is 2.59. The van der Waals surface area contributed by atoms with E-state index in [9.17, 15) is 17.6 Å². The second kappa shape index (κ2) is 5.56. The fourth-order valence-corrected chi connectivity index (χ4v) is 2.93. The van der Waals surface area contributed by atoms with Gasteiger partial charge < -0.3 is 4.90 Å². The molecule has 1 aromatic carbocycles. The van der Waals surface area contributed by atoms with E-state index >= 15 is 0 Å². The van der Waals surface area contributed by atoms with E-state index in [1.54, 1.807) is 14.1 Å². The second-order valence-corrected chi connectivity index (χ2v) is 6.30. The summed E-state index contributed by atoms with van der Waals surface area (Å²) in [6, 6.07) is 4.07. The summed E-state index contributed by atoms with van der Waals surface area (Å²) in [5, 5.41) is 0. The molecule has 106 valence electrons. The van der Waals surface area contributed by atoms with E-state index in [-0.39, 0.29) is 11.6 Å². The van der Waals surface area contributed by atoms with E-state index < -0.39 is 21.9 Å². The number of hydrogen-bond acceptors (Lipinski definition) is 3. The predicted molar refractivity (Wildman–Crippen MR) is 71.9 cm³/mol. The lowest BCUT2D eigenvalue weighted by Crippen LogP contribution is -2.47. The molecule has 0 saturated heterocycles. The highest BCUT2D eigenvalue weighted by Gasteiger charge is 2.29. The molecule has 0 fully saturated rings. The highest BCUT2D eigenvalue weighted by molar-refractivity contribution is 7.92. The van der Waals surface area contributed by atoms with Crippen LogP contribution in [0.4, 0.5) is 10.1 Å². The number of amides is 1. The number of halogens is 1. The quantitative estimate of drug-likeness (QED) is 0.832. The molecule has 0 N–H and O–H groups in total. The van der Waals surface area contributed by atoms with Gasteiger partial charge in [0, 0.05) is 14.1 Å². The average molecular weight is 288 g/mol. The zero-order valence-electron chi connectivity index (χ0n) is 11.3. The van der Waals surface area contributed by atoms with Crippen molar-refractivity contribution in [1.29, 1.82) is 0 Å². The summed E-state index contributed by atoms with van der Waals surface area (Å²) in [4.78, 5) is 13.2. The van der Waals surface area contributed by atoms with Gasteiger partial charge in [-0.1, -0.05) is 0 Å². The van der Waals surface area contributed by atoms with Gasteiger partial charge in [0.2, 0.25) is 15.9 Å². The molecule has 0 aromatic heterocycles. The van der Waals surface area contributed by atoms with Gasteiger partial charge >= 0.3 is 0 Å². The Labute approximate surface area is 112 Å². The first-order chi connectivity index (χ1) is 8.64. The molecule has 0 aliphatic heterocycles. The van der Waals surface area contributed by atoms with Crippen molar-refractivity contribution < 1.29 is 17.6 Å². The van der Waals surface area contributed by atoms with Crippen molar-refractivity contribution >= 4 is 21.6 Å². The van der Waals surface area contributed by atoms with E-state index in [2.05, 4.69) is 0 Å². The number of carbonyl (C=O) groups is 1. The smallest absolute Gasteiger partial charge is 0.245 e. The highest BCUT2D eigenvalue weighted by Crippen LogP contribution is 2.21. The van der Waals surface area contributed by atoms with E-state index in [1.807, 2.05) is 0 Å². The minimum absolute atomic E-state index is 0.256. The number of hydrogen-bond donors (Lipinski definition) is 0. The Morgan fingerprint density at radius 3 is 2.05 bits per heavy atom. The van der Waals surface area contributed by atoms with Crippen molar-refractivity contribution in [3.63, 3.8) is 0 Å². The molecule has 1 atom stereocenters. The number of sulfonamides is 1. The molecule has 7 heteroatoms. The van der Waals surface area contributed by atoms with Crippen LogP contribution in [0, 0.1) is 5.82 Å². The van der Waals surface area contributed by atoms with Gasteiger partial charge in [-0.15, -0.1) is 0 Å². The number of likely N-dealkylation sites (N-methyl/N-ethyl adjacent to an activating group) is 1. The topological polar surface area (TPSA) is 57.7 Å². The van der Waals surface area contributed by atoms with E-state index in [0.717, 1.165) is 22.7 Å². The molecule has 5 nitrogen and oxygen atoms in total. The Balaban J connectivity index is 3.24. The Morgan fingerprint density at radius 1 is 1.21 bits per heavy atom. The summed E-state index contributed by atoms with van der Waals surface area (Å²) in [7, 11) is -0.554. The molecule has 0 aliphatic rings. The normalized spacial score (nSPS) is 12.9. The molecular formula is C12H17FN2O3S. The molecule has 0 aliphatic carbocycles. The van der Waals surface area contributed by atoms with Crippen molar-refractivity contribution in [2.45, 2.75) is 13.0 Å². The van der Waals surface area contributed by atoms with Crippen LogP contribution in [0.5, 0.6) is 0 Å². The van der Waals surface area contributed by atoms with E-state index in [4.69, 9.17) is 0 Å². The van der Waals surface area contributed by atoms with E-state index in [1.165, 1.54) is 24.0 Å². The molecule has 0 unspecified atom stereocenters. The Bertz CT molecular complexity index is 555. The van der Waals surface area contributed by atoms with E-state index in [0.29, 0.717) is 0 Å². The first kappa shape index (κ1) is 15.4. The standard InChI is InChI=1S/C12H17FN2O3S/c1-9(12(16)14(2)3)15(19(4,17)18)11-7-5-10(13)6-8-11/h5-9H,1-4H3/t9-/m1/s1. The average Bonchev–Trinajstić information content (AvgIpc) is 2.29. The zero-order chi connectivity index (χ0) is 14.8. The van der Waals surface area contributed by atoms with Gasteiger partial charge in [-0.25, -0.2) is 12.8 Å². The summed E-state index contributed by atoms with van der Waals surface area (Å²) >= 11 is 0. The van der Waals surface area contributed by atoms with Gasteiger partial charge in [0.25, 0.3) is 0 Å². The van der Waals surface area contributed by atoms with Crippen LogP contribution in [0.25, 0.3) is 0 Å². The van der Waals surface area contributed by atoms with Crippen molar-refractivity contribution in [2.75, 3.05) is 24.7 Å². The molecule has 0 bridgehead atoms. The molecule has 19 heavy (non-hydrogen) atoms. The van der Waals surface area contributed by atoms with Crippen LogP contribution in [0.3, 0.4) is 0 Å². The van der Waals surface area contributed by atoms with Crippen LogP contribution >= 0.6 is 0 Å². The molecule has 0 heterocycles. The maximum atomic E-state index is 12.9. The highest BCUT2D eigenvalue weighted by atomic mass is 32.2. The maximum Gasteiger partial charge on any atom is 0.245 e. The van der Waals surface area contributed by atoms with Crippen LogP contribution in [-0.4, -0.2) is 45.6 Å². The molecule has 0 radical (unpaired) electrons. The van der Waals surface area contributed by atoms with Crippen LogP contribution in [0.2, 0.25) is 0 Å². The number of carbonyl (C=O) groups excluding carboxylic acids is 1. The summed E-state index contributed by atoms with van der Waals surface area (Å²) in [6.45, 7) is 1.49. The lowest BCUT2D eigenvalue weighted by molar-refractivity contribution is -0.129. The molecular weight excluding hydrogens is 271 g/mol. The first-order valence-electron chi connectivity index (χ1n) is 5.60. The zero-order valence-corrected chi connectivity index (χ0v) is 12.1. The summed E-state index contributed by atoms with van der Waals surface area (Å²) in [5.41, 5.74) is 0.256. The lowest BCUT2D eigenvalue weighted by atomic mass is 10.2. The van der Waals surface area contributed by atoms with Gasteiger partial charge in [0.05, 0.1) is 11.9 Å². The maximum absolute atomic E-state index is 12.9. The molecule has 0 saturated carbocycles. The molecule has 1 rings (SSSR count). The fraction of sp³-hybridized carbons (Fsp3) is 0.417. The van der Waals surface area contributed by atoms with Gasteiger partial charge in [-0.05, 0) is 31.2 Å². The Kier molecular flexibility index (Phi) is 4.52. The largest absolute Gasteiger partial charge is 0.347 e. The van der Waals surface area contributed by atoms with Crippen LogP contribution in [-0.2, 0) is 14.8 Å². The van der Waals surface area contributed by atoms with Crippen molar-refractivity contribution in [3.05, 3.63) is 30.1 Å². The fourth-order valence-electron chi connectivity index (χ4n) is 1.76. The number of nitrogens with zero attached hydrogens (tertiary/aromatic N) is 2. The van der Waals surface area contributed by atoms with Crippen LogP contribution in [0.1, 0.15) is 6.92 Å². The third kappa shape index (κ3) is 3.66. The van der Waals surface area contributed by atoms with Crippen LogP contribution < -0.4 is 4.31 Å². The molecule has 1 amide bonds. The SMILES string of the molecule is C[C@H](C(=O)N(C)C)N(c1ccc(F)cc1)S(C)(=O)=O. The number of rotatable bonds is 4. The second-order valence-electron chi connectivity index (χ2n) is 4.44. The minimum atomic E-state index is -3.65. The van der Waals surface area contributed by atoms with Crippen molar-refractivity contribution in [2.24, 2.45) is 0 Å². The third-order valence-corrected chi connectivity index (χ3v) is 3.83. The van der Waals surface area contributed by atoms with Crippen molar-refractivity contribution in [1.82, 2.24) is 4.90 Å². The molecule has 0 spiro atoms. The van der Waals surface area contributed by atoms with Crippen molar-refractivity contribution in [3.8, 4) is 0 Å². The van der Waals surface area contributed by atoms with Gasteiger partial charge in [-0.2, -0.15) is 0 Å². The summed E-state index contributed by atoms with van der Waals surface area (Å²) in [5.74, 6) is -0.821. The lowest BCUT2D eigenvalue weighted by Gasteiger charge is -2.29. The van der Waals surface area contributed by atoms with Crippen LogP contribution in [0.15, 0.2) is 24.3 Å².